The van der Waals surface area contributed by atoms with E-state index in [0.29, 0.717) is 48.2 Å². The lowest BCUT2D eigenvalue weighted by Gasteiger charge is -2.33. The van der Waals surface area contributed by atoms with E-state index in [1.165, 1.54) is 0 Å². The Bertz CT molecular complexity index is 1280. The molecule has 0 saturated carbocycles. The Balaban J connectivity index is 1.89. The second-order valence-corrected chi connectivity index (χ2v) is 10.6. The minimum atomic E-state index is -0.0575. The number of methoxy groups -OCH3 is 2. The third-order valence-electron chi connectivity index (χ3n) is 6.96. The highest BCUT2D eigenvalue weighted by Gasteiger charge is 2.20. The van der Waals surface area contributed by atoms with Gasteiger partial charge < -0.3 is 19.5 Å². The summed E-state index contributed by atoms with van der Waals surface area (Å²) in [4.78, 5) is 7.19. The molecule has 8 heteroatoms. The van der Waals surface area contributed by atoms with Crippen molar-refractivity contribution in [2.24, 2.45) is 0 Å². The maximum Gasteiger partial charge on any atom is 0.137 e. The largest absolute Gasteiger partial charge is 0.495 e. The molecule has 1 unspecified atom stereocenters. The first kappa shape index (κ1) is 30.6. The van der Waals surface area contributed by atoms with Crippen LogP contribution < -0.4 is 10.1 Å². The number of fused-ring (bicyclic) bond motifs is 1. The molecule has 39 heavy (non-hydrogen) atoms. The summed E-state index contributed by atoms with van der Waals surface area (Å²) in [6, 6.07) is 12.7. The number of pyridine rings is 1. The third-order valence-corrected chi connectivity index (χ3v) is 7.26. The molecule has 3 rings (SSSR count). The van der Waals surface area contributed by atoms with Crippen molar-refractivity contribution in [2.75, 3.05) is 32.7 Å². The Morgan fingerprint density at radius 2 is 1.82 bits per heavy atom. The van der Waals surface area contributed by atoms with Crippen LogP contribution in [0.3, 0.4) is 0 Å². The lowest BCUT2D eigenvalue weighted by Crippen LogP contribution is -2.44. The number of aryl methyl sites for hydroxylation is 1. The fourth-order valence-corrected chi connectivity index (χ4v) is 5.11. The summed E-state index contributed by atoms with van der Waals surface area (Å²) in [5.74, 6) is 0.635. The molecule has 1 atom stereocenters. The molecule has 0 fully saturated rings. The first-order valence-corrected chi connectivity index (χ1v) is 13.9. The quantitative estimate of drug-likeness (QED) is 0.241. The number of nitriles is 1. The molecule has 210 valence electrons. The minimum absolute atomic E-state index is 0.0575. The monoisotopic (exact) mass is 552 g/mol. The van der Waals surface area contributed by atoms with Crippen molar-refractivity contribution in [3.05, 3.63) is 63.8 Å². The molecule has 3 aromatic rings. The van der Waals surface area contributed by atoms with Gasteiger partial charge in [-0.1, -0.05) is 24.6 Å². The molecule has 0 bridgehead atoms. The van der Waals surface area contributed by atoms with E-state index < -0.39 is 0 Å². The fraction of sp³-hybridized carbons (Fsp3) is 0.484. The first-order chi connectivity index (χ1) is 18.7. The average molecular weight is 553 g/mol. The molecule has 2 aromatic carbocycles. The second-order valence-electron chi connectivity index (χ2n) is 10.2. The van der Waals surface area contributed by atoms with Gasteiger partial charge in [-0.3, -0.25) is 9.88 Å². The normalized spacial score (nSPS) is 12.4. The van der Waals surface area contributed by atoms with Crippen molar-refractivity contribution in [3.63, 3.8) is 0 Å². The molecule has 1 N–H and O–H groups in total. The zero-order valence-corrected chi connectivity index (χ0v) is 24.9. The number of nitrogens with zero attached hydrogens (tertiary/aromatic N) is 3. The summed E-state index contributed by atoms with van der Waals surface area (Å²) in [7, 11) is 3.33. The zero-order chi connectivity index (χ0) is 28.5. The number of nitrogens with one attached hydrogen (secondary N) is 1. The van der Waals surface area contributed by atoms with Gasteiger partial charge in [0.1, 0.15) is 5.75 Å². The lowest BCUT2D eigenvalue weighted by atomic mass is 10.0. The van der Waals surface area contributed by atoms with Crippen LogP contribution in [0.15, 0.2) is 36.5 Å². The van der Waals surface area contributed by atoms with Crippen LogP contribution in [0.1, 0.15) is 56.9 Å². The summed E-state index contributed by atoms with van der Waals surface area (Å²) in [6.45, 7) is 13.0. The molecule has 0 aliphatic heterocycles. The van der Waals surface area contributed by atoms with Crippen LogP contribution >= 0.6 is 11.6 Å². The molecule has 1 heterocycles. The number of ether oxygens (including phenoxy) is 3. The van der Waals surface area contributed by atoms with Crippen LogP contribution in [0.25, 0.3) is 10.9 Å². The van der Waals surface area contributed by atoms with Gasteiger partial charge in [0.15, 0.2) is 0 Å². The van der Waals surface area contributed by atoms with Crippen LogP contribution in [0, 0.1) is 11.3 Å². The number of aromatic nitrogens is 1. The predicted octanol–water partition coefficient (Wildman–Crippen LogP) is 6.59. The van der Waals surface area contributed by atoms with E-state index in [1.807, 2.05) is 36.5 Å². The van der Waals surface area contributed by atoms with Gasteiger partial charge in [0.05, 0.1) is 54.3 Å². The highest BCUT2D eigenvalue weighted by atomic mass is 35.5. The van der Waals surface area contributed by atoms with Crippen LogP contribution in [-0.2, 0) is 29.0 Å². The van der Waals surface area contributed by atoms with E-state index in [1.54, 1.807) is 14.2 Å². The van der Waals surface area contributed by atoms with Gasteiger partial charge in [-0.2, -0.15) is 5.26 Å². The van der Waals surface area contributed by atoms with Crippen LogP contribution in [-0.4, -0.2) is 55.4 Å². The minimum Gasteiger partial charge on any atom is -0.495 e. The summed E-state index contributed by atoms with van der Waals surface area (Å²) in [5.41, 5.74) is 5.35. The van der Waals surface area contributed by atoms with E-state index in [9.17, 15) is 5.26 Å². The third kappa shape index (κ3) is 7.83. The number of benzene rings is 2. The molecule has 1 aromatic heterocycles. The van der Waals surface area contributed by atoms with Gasteiger partial charge in [0.25, 0.3) is 0 Å². The van der Waals surface area contributed by atoms with Gasteiger partial charge in [-0.15, -0.1) is 0 Å². The first-order valence-electron chi connectivity index (χ1n) is 13.5. The molecule has 0 spiro atoms. The Morgan fingerprint density at radius 1 is 1.08 bits per heavy atom. The SMILES string of the molecule is CCc1cc(C#N)cc2c(NCc3ccc(OC)c(Cl)c3)c(COCC(CN(C(C)C)C(C)C)OC)cnc12. The molecule has 0 aliphatic rings. The Kier molecular flexibility index (Phi) is 11.4. The molecular formula is C31H41ClN4O3. The van der Waals surface area contributed by atoms with Gasteiger partial charge in [-0.05, 0) is 69.5 Å². The fourth-order valence-electron chi connectivity index (χ4n) is 4.83. The molecule has 0 saturated heterocycles. The highest BCUT2D eigenvalue weighted by molar-refractivity contribution is 6.32. The molecule has 7 nitrogen and oxygen atoms in total. The van der Waals surface area contributed by atoms with Gasteiger partial charge in [0, 0.05) is 49.4 Å². The maximum absolute atomic E-state index is 9.68. The average Bonchev–Trinajstić information content (AvgIpc) is 2.92. The number of hydrogen-bond donors (Lipinski definition) is 1. The lowest BCUT2D eigenvalue weighted by molar-refractivity contribution is -0.0248. The molecular weight excluding hydrogens is 512 g/mol. The predicted molar refractivity (Wildman–Crippen MR) is 159 cm³/mol. The number of hydrogen-bond acceptors (Lipinski definition) is 7. The van der Waals surface area contributed by atoms with Crippen molar-refractivity contribution in [1.82, 2.24) is 9.88 Å². The standard InChI is InChI=1S/C31H41ClN4O3/c1-8-24-11-23(14-33)12-27-30(24)35-16-25(18-39-19-26(37-6)17-36(20(2)3)21(4)5)31(27)34-15-22-9-10-29(38-7)28(32)13-22/h9-13,16,20-21,26H,8,15,17-19H2,1-7H3,(H,34,35). The molecule has 0 aliphatic carbocycles. The van der Waals surface area contributed by atoms with Gasteiger partial charge in [-0.25, -0.2) is 0 Å². The second kappa shape index (κ2) is 14.5. The van der Waals surface area contributed by atoms with Crippen molar-refractivity contribution in [3.8, 4) is 11.8 Å². The number of anilines is 1. The number of halogens is 1. The van der Waals surface area contributed by atoms with Crippen molar-refractivity contribution in [2.45, 2.75) is 72.4 Å². The van der Waals surface area contributed by atoms with E-state index in [0.717, 1.165) is 46.2 Å². The summed E-state index contributed by atoms with van der Waals surface area (Å²) in [5, 5.41) is 14.7. The van der Waals surface area contributed by atoms with Crippen molar-refractivity contribution >= 4 is 28.2 Å². The van der Waals surface area contributed by atoms with E-state index in [2.05, 4.69) is 50.9 Å². The topological polar surface area (TPSA) is 79.6 Å². The maximum atomic E-state index is 9.68. The van der Waals surface area contributed by atoms with Crippen LogP contribution in [0.2, 0.25) is 5.02 Å². The van der Waals surface area contributed by atoms with Gasteiger partial charge in [0.2, 0.25) is 0 Å². The summed E-state index contributed by atoms with van der Waals surface area (Å²) in [6.07, 6.45) is 2.59. The van der Waals surface area contributed by atoms with Crippen molar-refractivity contribution < 1.29 is 14.2 Å². The zero-order valence-electron chi connectivity index (χ0n) is 24.2. The molecule has 0 amide bonds. The van der Waals surface area contributed by atoms with E-state index in [4.69, 9.17) is 30.8 Å². The Morgan fingerprint density at radius 3 is 2.41 bits per heavy atom. The van der Waals surface area contributed by atoms with Crippen molar-refractivity contribution in [1.29, 1.82) is 5.26 Å². The Labute approximate surface area is 238 Å². The van der Waals surface area contributed by atoms with Crippen LogP contribution in [0.5, 0.6) is 5.75 Å². The van der Waals surface area contributed by atoms with Crippen LogP contribution in [0.4, 0.5) is 5.69 Å². The molecule has 0 radical (unpaired) electrons. The Hall–Kier alpha value is -2.89. The van der Waals surface area contributed by atoms with Gasteiger partial charge >= 0.3 is 0 Å². The summed E-state index contributed by atoms with van der Waals surface area (Å²) < 4.78 is 17.3. The summed E-state index contributed by atoms with van der Waals surface area (Å²) >= 11 is 6.37. The number of rotatable bonds is 14. The highest BCUT2D eigenvalue weighted by Crippen LogP contribution is 2.32. The smallest absolute Gasteiger partial charge is 0.137 e. The van der Waals surface area contributed by atoms with E-state index in [-0.39, 0.29) is 6.10 Å². The van der Waals surface area contributed by atoms with E-state index >= 15 is 0 Å².